The number of carbonyl (C=O) groups excluding carboxylic acids is 1. The van der Waals surface area contributed by atoms with Crippen LogP contribution in [0.5, 0.6) is 0 Å². The quantitative estimate of drug-likeness (QED) is 0.559. The van der Waals surface area contributed by atoms with Gasteiger partial charge in [0.15, 0.2) is 5.69 Å². The highest BCUT2D eigenvalue weighted by Gasteiger charge is 2.39. The molecule has 2 heterocycles. The van der Waals surface area contributed by atoms with E-state index in [4.69, 9.17) is 4.74 Å². The number of hydrogen-bond donors (Lipinski definition) is 3. The van der Waals surface area contributed by atoms with E-state index in [0.717, 1.165) is 0 Å². The van der Waals surface area contributed by atoms with Crippen LogP contribution in [-0.4, -0.2) is 52.0 Å². The molecule has 1 amide bonds. The fourth-order valence-corrected chi connectivity index (χ4v) is 3.13. The number of aromatic nitrogens is 3. The molecule has 0 saturated heterocycles. The molecule has 2 aromatic heterocycles. The van der Waals surface area contributed by atoms with Gasteiger partial charge in [0.25, 0.3) is 11.5 Å². The third-order valence-electron chi connectivity index (χ3n) is 4.45. The molecule has 11 heteroatoms. The van der Waals surface area contributed by atoms with E-state index < -0.39 is 41.5 Å². The molecule has 0 fully saturated rings. The Bertz CT molecular complexity index is 1120. The molecule has 1 aromatic carbocycles. The summed E-state index contributed by atoms with van der Waals surface area (Å²) in [6.07, 6.45) is -4.83. The Labute approximate surface area is 168 Å². The second kappa shape index (κ2) is 8.28. The van der Waals surface area contributed by atoms with Gasteiger partial charge < -0.3 is 20.1 Å². The number of rotatable bonds is 6. The lowest BCUT2D eigenvalue weighted by atomic mass is 10.1. The molecule has 0 aliphatic heterocycles. The molecule has 1 atom stereocenters. The molecule has 0 unspecified atom stereocenters. The van der Waals surface area contributed by atoms with E-state index >= 15 is 0 Å². The number of H-pyrrole nitrogens is 1. The second-order valence-corrected chi connectivity index (χ2v) is 6.59. The monoisotopic (exact) mass is 424 g/mol. The lowest BCUT2D eigenvalue weighted by Gasteiger charge is -2.15. The van der Waals surface area contributed by atoms with Crippen LogP contribution in [0.4, 0.5) is 13.2 Å². The Kier molecular flexibility index (Phi) is 5.94. The molecule has 3 N–H and O–H groups in total. The number of carbonyl (C=O) groups is 1. The van der Waals surface area contributed by atoms with Gasteiger partial charge in [-0.1, -0.05) is 30.3 Å². The van der Waals surface area contributed by atoms with E-state index in [0.29, 0.717) is 4.52 Å². The van der Waals surface area contributed by atoms with Gasteiger partial charge in [0, 0.05) is 12.8 Å². The van der Waals surface area contributed by atoms with Crippen molar-refractivity contribution < 1.29 is 27.8 Å². The van der Waals surface area contributed by atoms with E-state index in [2.05, 4.69) is 15.4 Å². The minimum absolute atomic E-state index is 0.0143. The van der Waals surface area contributed by atoms with Crippen molar-refractivity contribution in [1.29, 1.82) is 0 Å². The number of hydrogen-bond acceptors (Lipinski definition) is 5. The van der Waals surface area contributed by atoms with Crippen molar-refractivity contribution in [1.82, 2.24) is 19.9 Å². The van der Waals surface area contributed by atoms with Crippen molar-refractivity contribution in [2.45, 2.75) is 19.1 Å². The molecule has 3 aromatic rings. The summed E-state index contributed by atoms with van der Waals surface area (Å²) in [5.74, 6) is -0.864. The number of ether oxygens (including phenoxy) is 1. The number of aryl methyl sites for hydroxylation is 1. The van der Waals surface area contributed by atoms with Crippen molar-refractivity contribution in [3.63, 3.8) is 0 Å². The maximum Gasteiger partial charge on any atom is 0.435 e. The summed E-state index contributed by atoms with van der Waals surface area (Å²) < 4.78 is 46.4. The van der Waals surface area contributed by atoms with Gasteiger partial charge in [0.05, 0.1) is 24.8 Å². The Balaban J connectivity index is 2.22. The summed E-state index contributed by atoms with van der Waals surface area (Å²) in [5.41, 5.74) is -2.86. The van der Waals surface area contributed by atoms with Crippen LogP contribution in [0.2, 0.25) is 0 Å². The number of fused-ring (bicyclic) bond motifs is 1. The molecule has 0 bridgehead atoms. The number of methoxy groups -OCH3 is 1. The fourth-order valence-electron chi connectivity index (χ4n) is 3.13. The van der Waals surface area contributed by atoms with Crippen LogP contribution in [0.25, 0.3) is 16.8 Å². The zero-order valence-corrected chi connectivity index (χ0v) is 16.1. The number of nitrogens with one attached hydrogen (secondary N) is 2. The number of benzene rings is 1. The van der Waals surface area contributed by atoms with Crippen molar-refractivity contribution in [2.75, 3.05) is 20.3 Å². The van der Waals surface area contributed by atoms with E-state index in [1.165, 1.54) is 26.2 Å². The number of aromatic amines is 1. The summed E-state index contributed by atoms with van der Waals surface area (Å²) in [7, 11) is 1.37. The lowest BCUT2D eigenvalue weighted by molar-refractivity contribution is -0.140. The molecular formula is C19H19F3N4O4. The van der Waals surface area contributed by atoms with Crippen molar-refractivity contribution in [2.24, 2.45) is 0 Å². The number of nitrogens with zero attached hydrogens (tertiary/aromatic N) is 2. The van der Waals surface area contributed by atoms with Crippen molar-refractivity contribution in [3.05, 3.63) is 57.6 Å². The van der Waals surface area contributed by atoms with Crippen molar-refractivity contribution in [3.8, 4) is 11.1 Å². The maximum atomic E-state index is 13.7. The summed E-state index contributed by atoms with van der Waals surface area (Å²) in [6.45, 7) is 0.937. The van der Waals surface area contributed by atoms with Crippen molar-refractivity contribution >= 4 is 11.6 Å². The van der Waals surface area contributed by atoms with Crippen LogP contribution in [0, 0.1) is 6.92 Å². The largest absolute Gasteiger partial charge is 0.435 e. The SMILES string of the molecule is COC[C@H](CO)NC(=O)c1c(C)[nH]c2c(-c3ccccc3)c(C(F)(F)F)nn2c1=O. The van der Waals surface area contributed by atoms with Crippen LogP contribution in [0.1, 0.15) is 21.7 Å². The molecule has 160 valence electrons. The van der Waals surface area contributed by atoms with E-state index in [-0.39, 0.29) is 29.1 Å². The first kappa shape index (κ1) is 21.5. The molecule has 30 heavy (non-hydrogen) atoms. The summed E-state index contributed by atoms with van der Waals surface area (Å²) in [5, 5.41) is 15.2. The van der Waals surface area contributed by atoms with E-state index in [1.807, 2.05) is 0 Å². The summed E-state index contributed by atoms with van der Waals surface area (Å²) in [6, 6.07) is 6.93. The van der Waals surface area contributed by atoms with Gasteiger partial charge >= 0.3 is 6.18 Å². The Hall–Kier alpha value is -3.18. The average molecular weight is 424 g/mol. The smallest absolute Gasteiger partial charge is 0.394 e. The lowest BCUT2D eigenvalue weighted by Crippen LogP contribution is -2.43. The Morgan fingerprint density at radius 1 is 1.33 bits per heavy atom. The van der Waals surface area contributed by atoms with Crippen LogP contribution in [0.3, 0.4) is 0 Å². The Morgan fingerprint density at radius 3 is 2.57 bits per heavy atom. The maximum absolute atomic E-state index is 13.7. The molecule has 8 nitrogen and oxygen atoms in total. The molecule has 0 saturated carbocycles. The molecule has 0 spiro atoms. The van der Waals surface area contributed by atoms with E-state index in [9.17, 15) is 27.9 Å². The van der Waals surface area contributed by atoms with Gasteiger partial charge in [-0.05, 0) is 12.5 Å². The third kappa shape index (κ3) is 3.94. The normalized spacial score (nSPS) is 12.9. The molecular weight excluding hydrogens is 405 g/mol. The van der Waals surface area contributed by atoms with Gasteiger partial charge in [0.1, 0.15) is 11.2 Å². The fraction of sp³-hybridized carbons (Fsp3) is 0.316. The predicted octanol–water partition coefficient (Wildman–Crippen LogP) is 1.75. The molecule has 0 radical (unpaired) electrons. The second-order valence-electron chi connectivity index (χ2n) is 6.59. The summed E-state index contributed by atoms with van der Waals surface area (Å²) >= 11 is 0. The number of amides is 1. The number of aliphatic hydroxyl groups excluding tert-OH is 1. The minimum atomic E-state index is -4.83. The van der Waals surface area contributed by atoms with Crippen LogP contribution in [-0.2, 0) is 10.9 Å². The molecule has 0 aliphatic carbocycles. The first-order chi connectivity index (χ1) is 14.2. The summed E-state index contributed by atoms with van der Waals surface area (Å²) in [4.78, 5) is 28.2. The van der Waals surface area contributed by atoms with Crippen LogP contribution in [0.15, 0.2) is 35.1 Å². The molecule has 0 aliphatic rings. The van der Waals surface area contributed by atoms with Gasteiger partial charge in [0.2, 0.25) is 0 Å². The number of halogens is 3. The highest BCUT2D eigenvalue weighted by atomic mass is 19.4. The third-order valence-corrected chi connectivity index (χ3v) is 4.45. The highest BCUT2D eigenvalue weighted by molar-refractivity contribution is 5.95. The van der Waals surface area contributed by atoms with Crippen LogP contribution >= 0.6 is 0 Å². The number of aliphatic hydroxyl groups is 1. The van der Waals surface area contributed by atoms with Gasteiger partial charge in [-0.25, -0.2) is 0 Å². The highest BCUT2D eigenvalue weighted by Crippen LogP contribution is 2.38. The van der Waals surface area contributed by atoms with Gasteiger partial charge in [-0.15, -0.1) is 0 Å². The predicted molar refractivity (Wildman–Crippen MR) is 101 cm³/mol. The first-order valence-corrected chi connectivity index (χ1v) is 8.88. The Morgan fingerprint density at radius 2 is 2.00 bits per heavy atom. The van der Waals surface area contributed by atoms with Gasteiger partial charge in [-0.2, -0.15) is 22.8 Å². The number of alkyl halides is 3. The minimum Gasteiger partial charge on any atom is -0.394 e. The standard InChI is InChI=1S/C19H19F3N4O4/c1-10-13(17(28)24-12(8-27)9-30-2)18(29)26-16(23-10)14(11-6-4-3-5-7-11)15(25-26)19(20,21)22/h3-7,12,23,27H,8-9H2,1-2H3,(H,24,28)/t12-/m0/s1. The zero-order chi connectivity index (χ0) is 22.1. The van der Waals surface area contributed by atoms with Gasteiger partial charge in [-0.3, -0.25) is 9.59 Å². The average Bonchev–Trinajstić information content (AvgIpc) is 3.08. The topological polar surface area (TPSA) is 109 Å². The van der Waals surface area contributed by atoms with Crippen LogP contribution < -0.4 is 10.9 Å². The van der Waals surface area contributed by atoms with E-state index in [1.54, 1.807) is 18.2 Å². The molecule has 3 rings (SSSR count). The zero-order valence-electron chi connectivity index (χ0n) is 16.1. The first-order valence-electron chi connectivity index (χ1n) is 8.88.